The zero-order valence-corrected chi connectivity index (χ0v) is 18.8. The normalized spacial score (nSPS) is 12.0. The molecule has 0 saturated heterocycles. The van der Waals surface area contributed by atoms with Gasteiger partial charge >= 0.3 is 0 Å². The maximum absolute atomic E-state index is 13.2. The minimum absolute atomic E-state index is 0.00129. The van der Waals surface area contributed by atoms with Crippen molar-refractivity contribution < 1.29 is 13.2 Å². The smallest absolute Gasteiger partial charge is 0.260 e. The molecule has 8 heteroatoms. The third kappa shape index (κ3) is 4.33. The topological polar surface area (TPSA) is 79.4 Å². The number of hydrogen-bond donors (Lipinski definition) is 1. The highest BCUT2D eigenvalue weighted by Crippen LogP contribution is 2.37. The molecule has 1 amide bonds. The summed E-state index contributed by atoms with van der Waals surface area (Å²) in [6, 6.07) is 11.9. The summed E-state index contributed by atoms with van der Waals surface area (Å²) in [5, 5.41) is 2.26. The summed E-state index contributed by atoms with van der Waals surface area (Å²) in [6.07, 6.45) is 2.00. The van der Waals surface area contributed by atoms with Crippen molar-refractivity contribution in [2.24, 2.45) is 0 Å². The molecular formula is C22H24ClN3O3S. The quantitative estimate of drug-likeness (QED) is 0.410. The van der Waals surface area contributed by atoms with Gasteiger partial charge in [0.15, 0.2) is 0 Å². The molecule has 0 atom stereocenters. The van der Waals surface area contributed by atoms with Crippen molar-refractivity contribution in [1.29, 1.82) is 0 Å². The molecule has 158 valence electrons. The van der Waals surface area contributed by atoms with E-state index in [4.69, 9.17) is 11.6 Å². The highest BCUT2D eigenvalue weighted by molar-refractivity contribution is 7.89. The molecular weight excluding hydrogens is 422 g/mol. The maximum Gasteiger partial charge on any atom is 0.260 e. The van der Waals surface area contributed by atoms with Gasteiger partial charge in [-0.15, -0.1) is 4.83 Å². The molecule has 6 nitrogen and oxygen atoms in total. The van der Waals surface area contributed by atoms with Crippen LogP contribution in [0.25, 0.3) is 10.9 Å². The number of amides is 1. The Hall–Kier alpha value is -2.48. The number of hydrogen-bond acceptors (Lipinski definition) is 4. The fourth-order valence-corrected chi connectivity index (χ4v) is 4.80. The minimum Gasteiger partial charge on any atom is -0.277 e. The first-order valence-electron chi connectivity index (χ1n) is 9.59. The number of anilines is 1. The van der Waals surface area contributed by atoms with E-state index in [1.807, 2.05) is 27.7 Å². The van der Waals surface area contributed by atoms with E-state index in [1.165, 1.54) is 12.3 Å². The van der Waals surface area contributed by atoms with Gasteiger partial charge in [-0.1, -0.05) is 57.5 Å². The Kier molecular flexibility index (Phi) is 6.45. The number of para-hydroxylation sites is 1. The summed E-state index contributed by atoms with van der Waals surface area (Å²) in [4.78, 5) is 18.7. The summed E-state index contributed by atoms with van der Waals surface area (Å²) in [6.45, 7) is 7.85. The number of nitrogens with one attached hydrogen (secondary N) is 1. The molecule has 30 heavy (non-hydrogen) atoms. The van der Waals surface area contributed by atoms with E-state index < -0.39 is 10.0 Å². The number of nitrogens with zero attached hydrogens (tertiary/aromatic N) is 2. The third-order valence-electron chi connectivity index (χ3n) is 4.83. The van der Waals surface area contributed by atoms with E-state index in [-0.39, 0.29) is 16.7 Å². The average molecular weight is 446 g/mol. The van der Waals surface area contributed by atoms with Crippen molar-refractivity contribution in [2.45, 2.75) is 44.4 Å². The van der Waals surface area contributed by atoms with E-state index in [2.05, 4.69) is 9.82 Å². The van der Waals surface area contributed by atoms with Gasteiger partial charge < -0.3 is 0 Å². The molecule has 0 bridgehead atoms. The minimum atomic E-state index is -4.09. The molecule has 1 heterocycles. The second-order valence-electron chi connectivity index (χ2n) is 7.64. The Morgan fingerprint density at radius 3 is 2.20 bits per heavy atom. The Bertz CT molecular complexity index is 1160. The highest BCUT2D eigenvalue weighted by Gasteiger charge is 2.26. The van der Waals surface area contributed by atoms with E-state index >= 15 is 0 Å². The zero-order chi connectivity index (χ0) is 22.1. The van der Waals surface area contributed by atoms with Gasteiger partial charge in [-0.25, -0.2) is 13.4 Å². The Labute approximate surface area is 181 Å². The van der Waals surface area contributed by atoms with Crippen LogP contribution in [0.2, 0.25) is 5.02 Å². The molecule has 2 aromatic carbocycles. The monoisotopic (exact) mass is 445 g/mol. The van der Waals surface area contributed by atoms with Gasteiger partial charge in [-0.05, 0) is 47.2 Å². The number of sulfonamides is 1. The summed E-state index contributed by atoms with van der Waals surface area (Å²) in [5.41, 5.74) is 2.38. The van der Waals surface area contributed by atoms with Gasteiger partial charge in [0.25, 0.3) is 10.0 Å². The third-order valence-corrected chi connectivity index (χ3v) is 6.39. The van der Waals surface area contributed by atoms with Crippen LogP contribution in [0.15, 0.2) is 53.6 Å². The van der Waals surface area contributed by atoms with Gasteiger partial charge in [0, 0.05) is 16.6 Å². The molecule has 1 N–H and O–H groups in total. The Balaban J connectivity index is 2.15. The van der Waals surface area contributed by atoms with Gasteiger partial charge in [0.2, 0.25) is 6.41 Å². The number of halogens is 1. The molecule has 0 aliphatic carbocycles. The van der Waals surface area contributed by atoms with Crippen LogP contribution in [0.1, 0.15) is 50.7 Å². The van der Waals surface area contributed by atoms with E-state index in [9.17, 15) is 13.2 Å². The van der Waals surface area contributed by atoms with E-state index in [0.29, 0.717) is 28.0 Å². The van der Waals surface area contributed by atoms with Crippen LogP contribution in [0.3, 0.4) is 0 Å². The number of carbonyl (C=O) groups excluding carboxylic acids is 1. The lowest BCUT2D eigenvalue weighted by Crippen LogP contribution is -2.42. The molecule has 0 aliphatic heterocycles. The van der Waals surface area contributed by atoms with Crippen LogP contribution in [0.4, 0.5) is 5.69 Å². The number of rotatable bonds is 7. The Morgan fingerprint density at radius 1 is 1.03 bits per heavy atom. The fourth-order valence-electron chi connectivity index (χ4n) is 3.39. The van der Waals surface area contributed by atoms with Crippen LogP contribution >= 0.6 is 11.6 Å². The van der Waals surface area contributed by atoms with Crippen molar-refractivity contribution in [3.05, 3.63) is 64.8 Å². The lowest BCUT2D eigenvalue weighted by atomic mass is 9.92. The van der Waals surface area contributed by atoms with Crippen LogP contribution < -0.4 is 9.84 Å². The van der Waals surface area contributed by atoms with E-state index in [0.717, 1.165) is 16.1 Å². The number of fused-ring (bicyclic) bond motifs is 1. The van der Waals surface area contributed by atoms with Gasteiger partial charge in [0.1, 0.15) is 4.90 Å². The molecule has 0 radical (unpaired) electrons. The number of pyridine rings is 1. The van der Waals surface area contributed by atoms with Gasteiger partial charge in [0.05, 0.1) is 11.2 Å². The van der Waals surface area contributed by atoms with Crippen LogP contribution in [-0.4, -0.2) is 19.8 Å². The SMILES string of the molecule is CC(C)c1cc(Cl)cc(C(C)C)c1N(C=O)NS(=O)(=O)c1cccc2cccnc12. The maximum atomic E-state index is 13.2. The summed E-state index contributed by atoms with van der Waals surface area (Å²) >= 11 is 6.30. The molecule has 0 aliphatic rings. The standard InChI is InChI=1S/C22H24ClN3O3S/c1-14(2)18-11-17(23)12-19(15(3)4)22(18)26(13-27)25-30(28,29)20-9-5-7-16-8-6-10-24-21(16)20/h5-15,25H,1-4H3. The van der Waals surface area contributed by atoms with Crippen molar-refractivity contribution in [3.63, 3.8) is 0 Å². The van der Waals surface area contributed by atoms with Crippen LogP contribution in [-0.2, 0) is 14.8 Å². The molecule has 0 fully saturated rings. The summed E-state index contributed by atoms with van der Waals surface area (Å²) in [5.74, 6) is 0.0322. The first kappa shape index (κ1) is 22.2. The van der Waals surface area contributed by atoms with Crippen LogP contribution in [0, 0.1) is 0 Å². The van der Waals surface area contributed by atoms with Crippen molar-refractivity contribution in [2.75, 3.05) is 5.01 Å². The molecule has 0 unspecified atom stereocenters. The predicted molar refractivity (Wildman–Crippen MR) is 120 cm³/mol. The fraction of sp³-hybridized carbons (Fsp3) is 0.273. The van der Waals surface area contributed by atoms with Crippen molar-refractivity contribution in [3.8, 4) is 0 Å². The van der Waals surface area contributed by atoms with Crippen LogP contribution in [0.5, 0.6) is 0 Å². The molecule has 0 saturated carbocycles. The predicted octanol–water partition coefficient (Wildman–Crippen LogP) is 4.99. The summed E-state index contributed by atoms with van der Waals surface area (Å²) in [7, 11) is -4.09. The first-order chi connectivity index (χ1) is 14.2. The summed E-state index contributed by atoms with van der Waals surface area (Å²) < 4.78 is 26.5. The molecule has 1 aromatic heterocycles. The van der Waals surface area contributed by atoms with Gasteiger partial charge in [-0.3, -0.25) is 9.78 Å². The molecule has 3 aromatic rings. The van der Waals surface area contributed by atoms with E-state index in [1.54, 1.807) is 36.4 Å². The number of benzene rings is 2. The second-order valence-corrected chi connectivity index (χ2v) is 9.71. The lowest BCUT2D eigenvalue weighted by Gasteiger charge is -2.27. The number of aromatic nitrogens is 1. The molecule has 0 spiro atoms. The van der Waals surface area contributed by atoms with Crippen molar-refractivity contribution >= 4 is 44.6 Å². The Morgan fingerprint density at radius 2 is 1.63 bits per heavy atom. The van der Waals surface area contributed by atoms with Crippen molar-refractivity contribution in [1.82, 2.24) is 9.82 Å². The second kappa shape index (κ2) is 8.71. The number of carbonyl (C=O) groups is 1. The number of hydrazine groups is 1. The highest BCUT2D eigenvalue weighted by atomic mass is 35.5. The first-order valence-corrected chi connectivity index (χ1v) is 11.5. The average Bonchev–Trinajstić information content (AvgIpc) is 2.71. The van der Waals surface area contributed by atoms with Gasteiger partial charge in [-0.2, -0.15) is 0 Å². The lowest BCUT2D eigenvalue weighted by molar-refractivity contribution is -0.107. The largest absolute Gasteiger partial charge is 0.277 e. The zero-order valence-electron chi connectivity index (χ0n) is 17.3. The molecule has 3 rings (SSSR count).